The molecule has 3 atom stereocenters. The van der Waals surface area contributed by atoms with E-state index >= 15 is 0 Å². The van der Waals surface area contributed by atoms with E-state index in [1.54, 1.807) is 0 Å². The van der Waals surface area contributed by atoms with Crippen molar-refractivity contribution in [3.8, 4) is 0 Å². The molecule has 0 aromatic carbocycles. The maximum atomic E-state index is 11.6. The molecule has 102 valence electrons. The predicted molar refractivity (Wildman–Crippen MR) is 68.2 cm³/mol. The van der Waals surface area contributed by atoms with E-state index in [4.69, 9.17) is 9.47 Å². The Bertz CT molecular complexity index is 492. The molecule has 19 heavy (non-hydrogen) atoms. The summed E-state index contributed by atoms with van der Waals surface area (Å²) < 4.78 is 11.2. The summed E-state index contributed by atoms with van der Waals surface area (Å²) in [5.74, 6) is -0.295. The smallest absolute Gasteiger partial charge is 0.330 e. The highest BCUT2D eigenvalue weighted by Crippen LogP contribution is 2.57. The molecule has 0 saturated heterocycles. The standard InChI is InChI=1S/C15H18O4/c1-3-13(17)19-15-7-11-4-12(8-15)6-14(5-11,9-15)18-10(2)16/h3-4,11H,1,5-9H2,2H3. The number of allylic oxidation sites excluding steroid dienone is 1. The van der Waals surface area contributed by atoms with Gasteiger partial charge in [0.2, 0.25) is 0 Å². The Morgan fingerprint density at radius 2 is 1.95 bits per heavy atom. The van der Waals surface area contributed by atoms with Crippen LogP contribution in [0.25, 0.3) is 0 Å². The van der Waals surface area contributed by atoms with E-state index in [0.717, 1.165) is 25.7 Å². The minimum absolute atomic E-state index is 0.257. The number of hydrogen-bond acceptors (Lipinski definition) is 4. The molecule has 2 saturated carbocycles. The molecule has 4 rings (SSSR count). The number of rotatable bonds is 3. The summed E-state index contributed by atoms with van der Waals surface area (Å²) in [6.07, 6.45) is 7.32. The van der Waals surface area contributed by atoms with Crippen molar-refractivity contribution in [1.82, 2.24) is 0 Å². The van der Waals surface area contributed by atoms with Crippen molar-refractivity contribution in [1.29, 1.82) is 0 Å². The largest absolute Gasteiger partial charge is 0.459 e. The number of carbonyl (C=O) groups is 2. The lowest BCUT2D eigenvalue weighted by molar-refractivity contribution is -0.197. The molecule has 3 unspecified atom stereocenters. The number of ether oxygens (including phenoxy) is 2. The highest BCUT2D eigenvalue weighted by molar-refractivity contribution is 5.81. The maximum absolute atomic E-state index is 11.6. The van der Waals surface area contributed by atoms with Crippen molar-refractivity contribution < 1.29 is 19.1 Å². The minimum Gasteiger partial charge on any atom is -0.459 e. The van der Waals surface area contributed by atoms with Crippen molar-refractivity contribution in [2.24, 2.45) is 5.92 Å². The quantitative estimate of drug-likeness (QED) is 0.445. The van der Waals surface area contributed by atoms with Gasteiger partial charge in [0.15, 0.2) is 0 Å². The zero-order valence-electron chi connectivity index (χ0n) is 11.1. The third-order valence-electron chi connectivity index (χ3n) is 4.33. The summed E-state index contributed by atoms with van der Waals surface area (Å²) in [7, 11) is 0. The van der Waals surface area contributed by atoms with Crippen molar-refractivity contribution in [2.45, 2.75) is 50.2 Å². The van der Waals surface area contributed by atoms with E-state index in [-0.39, 0.29) is 11.9 Å². The fourth-order valence-electron chi connectivity index (χ4n) is 4.28. The van der Waals surface area contributed by atoms with Gasteiger partial charge < -0.3 is 9.47 Å². The Balaban J connectivity index is 1.90. The Hall–Kier alpha value is -1.58. The van der Waals surface area contributed by atoms with E-state index in [2.05, 4.69) is 12.7 Å². The fourth-order valence-corrected chi connectivity index (χ4v) is 4.28. The van der Waals surface area contributed by atoms with Crippen LogP contribution < -0.4 is 0 Å². The average Bonchev–Trinajstić information content (AvgIpc) is 2.24. The summed E-state index contributed by atoms with van der Waals surface area (Å²) in [6, 6.07) is 0. The molecule has 0 heterocycles. The van der Waals surface area contributed by atoms with Crippen LogP contribution in [0.3, 0.4) is 0 Å². The second kappa shape index (κ2) is 3.95. The van der Waals surface area contributed by atoms with Crippen LogP contribution in [0.15, 0.2) is 24.3 Å². The van der Waals surface area contributed by atoms with E-state index < -0.39 is 11.2 Å². The number of hydrogen-bond donors (Lipinski definition) is 0. The van der Waals surface area contributed by atoms with Crippen molar-refractivity contribution >= 4 is 11.9 Å². The molecule has 4 bridgehead atoms. The summed E-state index contributed by atoms with van der Waals surface area (Å²) in [5, 5.41) is 0. The van der Waals surface area contributed by atoms with Gasteiger partial charge in [0.05, 0.1) is 0 Å². The molecule has 0 radical (unpaired) electrons. The monoisotopic (exact) mass is 262 g/mol. The number of esters is 2. The summed E-state index contributed by atoms with van der Waals surface area (Å²) in [6.45, 7) is 4.89. The second-order valence-electron chi connectivity index (χ2n) is 6.11. The van der Waals surface area contributed by atoms with Crippen LogP contribution >= 0.6 is 0 Å². The molecule has 4 nitrogen and oxygen atoms in total. The molecule has 0 aromatic rings. The van der Waals surface area contributed by atoms with Crippen LogP contribution in [0.1, 0.15) is 39.0 Å². The van der Waals surface area contributed by atoms with Crippen LogP contribution in [-0.4, -0.2) is 23.1 Å². The first-order chi connectivity index (χ1) is 8.94. The van der Waals surface area contributed by atoms with Gasteiger partial charge in [0.1, 0.15) is 11.2 Å². The SMILES string of the molecule is C=CC(=O)OC12CC3=CC(CC(OC(C)=O)(C3)C1)C2. The predicted octanol–water partition coefficient (Wildman–Crippen LogP) is 2.29. The molecule has 0 aliphatic heterocycles. The van der Waals surface area contributed by atoms with E-state index in [9.17, 15) is 9.59 Å². The van der Waals surface area contributed by atoms with Gasteiger partial charge in [-0.2, -0.15) is 0 Å². The van der Waals surface area contributed by atoms with Gasteiger partial charge in [-0.3, -0.25) is 4.79 Å². The van der Waals surface area contributed by atoms with Gasteiger partial charge >= 0.3 is 11.9 Å². The van der Waals surface area contributed by atoms with Crippen LogP contribution in [0.5, 0.6) is 0 Å². The molecular formula is C15H18O4. The molecule has 0 aromatic heterocycles. The Morgan fingerprint density at radius 1 is 1.32 bits per heavy atom. The molecule has 4 aliphatic carbocycles. The van der Waals surface area contributed by atoms with E-state index in [1.807, 2.05) is 0 Å². The van der Waals surface area contributed by atoms with E-state index in [1.165, 1.54) is 18.6 Å². The molecule has 0 amide bonds. The van der Waals surface area contributed by atoms with Crippen LogP contribution in [0, 0.1) is 5.92 Å². The van der Waals surface area contributed by atoms with Gasteiger partial charge in [0.25, 0.3) is 0 Å². The zero-order valence-corrected chi connectivity index (χ0v) is 11.1. The lowest BCUT2D eigenvalue weighted by Gasteiger charge is -2.56. The van der Waals surface area contributed by atoms with Gasteiger partial charge in [-0.1, -0.05) is 18.2 Å². The first-order valence-electron chi connectivity index (χ1n) is 6.69. The van der Waals surface area contributed by atoms with Gasteiger partial charge in [-0.05, 0) is 18.8 Å². The first-order valence-corrected chi connectivity index (χ1v) is 6.69. The summed E-state index contributed by atoms with van der Waals surface area (Å²) in [4.78, 5) is 22.9. The third kappa shape index (κ3) is 2.09. The van der Waals surface area contributed by atoms with Crippen molar-refractivity contribution in [3.63, 3.8) is 0 Å². The van der Waals surface area contributed by atoms with Crippen LogP contribution in [-0.2, 0) is 19.1 Å². The molecule has 4 aliphatic rings. The first kappa shape index (κ1) is 12.5. The van der Waals surface area contributed by atoms with Gasteiger partial charge in [-0.25, -0.2) is 4.79 Å². The van der Waals surface area contributed by atoms with E-state index in [0.29, 0.717) is 12.3 Å². The second-order valence-corrected chi connectivity index (χ2v) is 6.11. The van der Waals surface area contributed by atoms with Crippen LogP contribution in [0.4, 0.5) is 0 Å². The lowest BCUT2D eigenvalue weighted by Crippen LogP contribution is -2.58. The van der Waals surface area contributed by atoms with Gasteiger partial charge in [0, 0.05) is 32.3 Å². The Morgan fingerprint density at radius 3 is 2.47 bits per heavy atom. The fraction of sp³-hybridized carbons (Fsp3) is 0.600. The van der Waals surface area contributed by atoms with Gasteiger partial charge in [-0.15, -0.1) is 0 Å². The minimum atomic E-state index is -0.494. The highest BCUT2D eigenvalue weighted by atomic mass is 16.6. The molecule has 4 heteroatoms. The molecule has 0 N–H and O–H groups in total. The lowest BCUT2D eigenvalue weighted by atomic mass is 9.56. The topological polar surface area (TPSA) is 52.6 Å². The maximum Gasteiger partial charge on any atom is 0.330 e. The third-order valence-corrected chi connectivity index (χ3v) is 4.33. The normalized spacial score (nSPS) is 38.6. The molecular weight excluding hydrogens is 244 g/mol. The van der Waals surface area contributed by atoms with Crippen molar-refractivity contribution in [3.05, 3.63) is 24.3 Å². The molecule has 2 fully saturated rings. The number of carbonyl (C=O) groups excluding carboxylic acids is 2. The Kier molecular flexibility index (Phi) is 2.59. The Labute approximate surface area is 112 Å². The van der Waals surface area contributed by atoms with Crippen molar-refractivity contribution in [2.75, 3.05) is 0 Å². The molecule has 0 spiro atoms. The average molecular weight is 262 g/mol. The zero-order chi connectivity index (χ0) is 13.7. The highest BCUT2D eigenvalue weighted by Gasteiger charge is 2.58. The van der Waals surface area contributed by atoms with Crippen LogP contribution in [0.2, 0.25) is 0 Å². The summed E-state index contributed by atoms with van der Waals surface area (Å²) in [5.41, 5.74) is 0.302. The summed E-state index contributed by atoms with van der Waals surface area (Å²) >= 11 is 0.